The predicted octanol–water partition coefficient (Wildman–Crippen LogP) is 1.99. The molecule has 106 valence electrons. The van der Waals surface area contributed by atoms with Crippen molar-refractivity contribution in [2.24, 2.45) is 0 Å². The molecule has 0 amide bonds. The van der Waals surface area contributed by atoms with E-state index in [0.29, 0.717) is 25.4 Å². The van der Waals surface area contributed by atoms with Gasteiger partial charge in [-0.25, -0.2) is 8.42 Å². The number of benzene rings is 1. The molecule has 1 aromatic rings. The van der Waals surface area contributed by atoms with Gasteiger partial charge in [-0.2, -0.15) is 0 Å². The monoisotopic (exact) mass is 347 g/mol. The third-order valence-electron chi connectivity index (χ3n) is 3.20. The summed E-state index contributed by atoms with van der Waals surface area (Å²) in [7, 11) is -2.84. The van der Waals surface area contributed by atoms with Crippen LogP contribution in [0.5, 0.6) is 5.75 Å². The lowest BCUT2D eigenvalue weighted by Crippen LogP contribution is -2.32. The number of sulfone groups is 1. The van der Waals surface area contributed by atoms with Crippen molar-refractivity contribution in [2.75, 3.05) is 25.4 Å². The van der Waals surface area contributed by atoms with Gasteiger partial charge in [0.25, 0.3) is 0 Å². The molecular formula is C13H18BrNO3S. The van der Waals surface area contributed by atoms with Gasteiger partial charge < -0.3 is 10.1 Å². The Bertz CT molecular complexity index is 501. The van der Waals surface area contributed by atoms with Crippen LogP contribution in [0.3, 0.4) is 0 Å². The van der Waals surface area contributed by atoms with Gasteiger partial charge in [0.2, 0.25) is 0 Å². The van der Waals surface area contributed by atoms with Gasteiger partial charge in [-0.1, -0.05) is 15.9 Å². The third kappa shape index (κ3) is 4.47. The van der Waals surface area contributed by atoms with Crippen molar-refractivity contribution >= 4 is 25.8 Å². The van der Waals surface area contributed by atoms with Crippen molar-refractivity contribution in [1.82, 2.24) is 5.32 Å². The van der Waals surface area contributed by atoms with Crippen LogP contribution < -0.4 is 10.1 Å². The first-order valence-electron chi connectivity index (χ1n) is 6.38. The van der Waals surface area contributed by atoms with E-state index in [1.807, 2.05) is 24.3 Å². The molecule has 1 aliphatic heterocycles. The lowest BCUT2D eigenvalue weighted by atomic mass is 10.2. The summed E-state index contributed by atoms with van der Waals surface area (Å²) in [4.78, 5) is 0. The molecule has 1 atom stereocenters. The summed E-state index contributed by atoms with van der Waals surface area (Å²) in [6.07, 6.45) is 1.58. The molecule has 1 N–H and O–H groups in total. The second kappa shape index (κ2) is 6.72. The summed E-state index contributed by atoms with van der Waals surface area (Å²) in [5.74, 6) is 1.16. The van der Waals surface area contributed by atoms with Crippen molar-refractivity contribution in [2.45, 2.75) is 18.1 Å². The second-order valence-electron chi connectivity index (χ2n) is 4.64. The molecule has 1 unspecified atom stereocenters. The molecule has 2 rings (SSSR count). The predicted molar refractivity (Wildman–Crippen MR) is 79.3 cm³/mol. The van der Waals surface area contributed by atoms with E-state index in [9.17, 15) is 8.42 Å². The van der Waals surface area contributed by atoms with Crippen LogP contribution in [0.25, 0.3) is 0 Å². The van der Waals surface area contributed by atoms with Crippen molar-refractivity contribution < 1.29 is 13.2 Å². The zero-order valence-corrected chi connectivity index (χ0v) is 13.0. The van der Waals surface area contributed by atoms with Crippen LogP contribution in [0.2, 0.25) is 0 Å². The molecule has 19 heavy (non-hydrogen) atoms. The fraction of sp³-hybridized carbons (Fsp3) is 0.538. The molecule has 0 aliphatic carbocycles. The number of hydrogen-bond acceptors (Lipinski definition) is 4. The van der Waals surface area contributed by atoms with Gasteiger partial charge in [-0.3, -0.25) is 0 Å². The Kier molecular flexibility index (Phi) is 5.24. The molecule has 1 aromatic carbocycles. The maximum absolute atomic E-state index is 11.6. The average molecular weight is 348 g/mol. The first kappa shape index (κ1) is 14.8. The topological polar surface area (TPSA) is 55.4 Å². The zero-order chi connectivity index (χ0) is 13.7. The van der Waals surface area contributed by atoms with Crippen molar-refractivity contribution in [3.8, 4) is 5.75 Å². The van der Waals surface area contributed by atoms with Crippen molar-refractivity contribution in [1.29, 1.82) is 0 Å². The zero-order valence-electron chi connectivity index (χ0n) is 10.6. The summed E-state index contributed by atoms with van der Waals surface area (Å²) in [5.41, 5.74) is 0. The molecule has 0 bridgehead atoms. The molecule has 0 spiro atoms. The molecule has 4 nitrogen and oxygen atoms in total. The van der Waals surface area contributed by atoms with E-state index in [2.05, 4.69) is 21.2 Å². The number of rotatable bonds is 6. The van der Waals surface area contributed by atoms with Crippen LogP contribution in [0.15, 0.2) is 28.7 Å². The third-order valence-corrected chi connectivity index (χ3v) is 6.00. The summed E-state index contributed by atoms with van der Waals surface area (Å²) in [5, 5.41) is 2.94. The van der Waals surface area contributed by atoms with Gasteiger partial charge >= 0.3 is 0 Å². The SMILES string of the molecule is O=S1(=O)CCCC1CNCCOc1ccc(Br)cc1. The summed E-state index contributed by atoms with van der Waals surface area (Å²) in [6, 6.07) is 7.64. The maximum atomic E-state index is 11.6. The highest BCUT2D eigenvalue weighted by Gasteiger charge is 2.30. The standard InChI is InChI=1S/C13H18BrNO3S/c14-11-3-5-12(6-4-11)18-8-7-15-10-13-2-1-9-19(13,16)17/h3-6,13,15H,1-2,7-10H2. The summed E-state index contributed by atoms with van der Waals surface area (Å²) < 4.78 is 29.8. The lowest BCUT2D eigenvalue weighted by Gasteiger charge is -2.11. The Balaban J connectivity index is 1.63. The van der Waals surface area contributed by atoms with Crippen LogP contribution in [-0.2, 0) is 9.84 Å². The minimum absolute atomic E-state index is 0.208. The molecule has 1 fully saturated rings. The Hall–Kier alpha value is -0.590. The quantitative estimate of drug-likeness (QED) is 0.799. The van der Waals surface area contributed by atoms with E-state index in [1.165, 1.54) is 0 Å². The first-order valence-corrected chi connectivity index (χ1v) is 8.89. The van der Waals surface area contributed by atoms with Crippen molar-refractivity contribution in [3.63, 3.8) is 0 Å². The van der Waals surface area contributed by atoms with Crippen LogP contribution in [0.4, 0.5) is 0 Å². The van der Waals surface area contributed by atoms with Crippen LogP contribution in [-0.4, -0.2) is 39.1 Å². The van der Waals surface area contributed by atoms with Crippen molar-refractivity contribution in [3.05, 3.63) is 28.7 Å². The molecule has 1 aliphatic rings. The van der Waals surface area contributed by atoms with Gasteiger partial charge in [0, 0.05) is 17.6 Å². The van der Waals surface area contributed by atoms with Crippen LogP contribution >= 0.6 is 15.9 Å². The molecule has 1 saturated heterocycles. The molecule has 1 heterocycles. The Morgan fingerprint density at radius 3 is 2.68 bits per heavy atom. The van der Waals surface area contributed by atoms with E-state index < -0.39 is 9.84 Å². The van der Waals surface area contributed by atoms with E-state index in [1.54, 1.807) is 0 Å². The molecule has 0 radical (unpaired) electrons. The molecular weight excluding hydrogens is 330 g/mol. The molecule has 6 heteroatoms. The highest BCUT2D eigenvalue weighted by molar-refractivity contribution is 9.10. The van der Waals surface area contributed by atoms with Crippen LogP contribution in [0.1, 0.15) is 12.8 Å². The summed E-state index contributed by atoms with van der Waals surface area (Å²) in [6.45, 7) is 1.72. The number of nitrogens with one attached hydrogen (secondary N) is 1. The Morgan fingerprint density at radius 1 is 1.32 bits per heavy atom. The summed E-state index contributed by atoms with van der Waals surface area (Å²) >= 11 is 3.36. The number of halogens is 1. The normalized spacial score (nSPS) is 21.4. The largest absolute Gasteiger partial charge is 0.492 e. The Labute approximate surface area is 122 Å². The maximum Gasteiger partial charge on any atom is 0.154 e. The van der Waals surface area contributed by atoms with E-state index in [4.69, 9.17) is 4.74 Å². The lowest BCUT2D eigenvalue weighted by molar-refractivity contribution is 0.314. The van der Waals surface area contributed by atoms with Gasteiger partial charge in [0.15, 0.2) is 9.84 Å². The van der Waals surface area contributed by atoms with Gasteiger partial charge in [-0.05, 0) is 37.1 Å². The highest BCUT2D eigenvalue weighted by atomic mass is 79.9. The van der Waals surface area contributed by atoms with E-state index in [0.717, 1.165) is 23.1 Å². The van der Waals surface area contributed by atoms with Gasteiger partial charge in [-0.15, -0.1) is 0 Å². The average Bonchev–Trinajstić information content (AvgIpc) is 2.71. The Morgan fingerprint density at radius 2 is 2.05 bits per heavy atom. The number of ether oxygens (including phenoxy) is 1. The van der Waals surface area contributed by atoms with E-state index in [-0.39, 0.29) is 5.25 Å². The minimum Gasteiger partial charge on any atom is -0.492 e. The second-order valence-corrected chi connectivity index (χ2v) is 7.95. The molecule has 0 saturated carbocycles. The smallest absolute Gasteiger partial charge is 0.154 e. The van der Waals surface area contributed by atoms with Crippen LogP contribution in [0, 0.1) is 0 Å². The minimum atomic E-state index is -2.84. The van der Waals surface area contributed by atoms with Gasteiger partial charge in [0.1, 0.15) is 12.4 Å². The first-order chi connectivity index (χ1) is 9.08. The fourth-order valence-electron chi connectivity index (χ4n) is 2.12. The van der Waals surface area contributed by atoms with Gasteiger partial charge in [0.05, 0.1) is 11.0 Å². The molecule has 0 aromatic heterocycles. The number of hydrogen-bond donors (Lipinski definition) is 1. The highest BCUT2D eigenvalue weighted by Crippen LogP contribution is 2.19. The fourth-order valence-corrected chi connectivity index (χ4v) is 4.19. The van der Waals surface area contributed by atoms with E-state index >= 15 is 0 Å².